The lowest BCUT2D eigenvalue weighted by atomic mass is 9.90. The Balaban J connectivity index is 2.10. The highest BCUT2D eigenvalue weighted by atomic mass is 19.1. The van der Waals surface area contributed by atoms with E-state index in [9.17, 15) is 9.18 Å². The smallest absolute Gasteiger partial charge is 0.307 e. The van der Waals surface area contributed by atoms with E-state index >= 15 is 0 Å². The number of carboxylic acids is 1. The highest BCUT2D eigenvalue weighted by Crippen LogP contribution is 2.39. The Morgan fingerprint density at radius 1 is 1.19 bits per heavy atom. The fourth-order valence-corrected chi connectivity index (χ4v) is 3.72. The molecule has 0 saturated heterocycles. The normalized spacial score (nSPS) is 14.8. The summed E-state index contributed by atoms with van der Waals surface area (Å²) >= 11 is 0. The van der Waals surface area contributed by atoms with Gasteiger partial charge in [-0.25, -0.2) is 4.39 Å². The molecule has 1 aliphatic rings. The zero-order chi connectivity index (χ0) is 18.7. The molecule has 3 rings (SSSR count). The standard InChI is InChI=1S/C22H25FO3/c1-14(2)22-17(8-5-9-19(22)23)18-12-15(13-21(24)25)10-11-20(18)26-16-6-3-4-7-16/h5,8-12,14,16H,3-4,6-7,13H2,1-2H3,(H,24,25). The minimum atomic E-state index is -0.885. The van der Waals surface area contributed by atoms with E-state index in [1.807, 2.05) is 32.0 Å². The second-order valence-corrected chi connectivity index (χ2v) is 7.28. The van der Waals surface area contributed by atoms with Crippen molar-refractivity contribution in [1.29, 1.82) is 0 Å². The van der Waals surface area contributed by atoms with Crippen LogP contribution in [-0.4, -0.2) is 17.2 Å². The molecule has 0 bridgehead atoms. The van der Waals surface area contributed by atoms with Gasteiger partial charge in [-0.15, -0.1) is 0 Å². The number of carboxylic acid groups (broad SMARTS) is 1. The second-order valence-electron chi connectivity index (χ2n) is 7.28. The van der Waals surface area contributed by atoms with Gasteiger partial charge in [-0.2, -0.15) is 0 Å². The summed E-state index contributed by atoms with van der Waals surface area (Å²) in [5.41, 5.74) is 2.88. The SMILES string of the molecule is CC(C)c1c(F)cccc1-c1cc(CC(=O)O)ccc1OC1CCCC1. The van der Waals surface area contributed by atoms with Crippen molar-refractivity contribution in [2.24, 2.45) is 0 Å². The zero-order valence-electron chi connectivity index (χ0n) is 15.3. The van der Waals surface area contributed by atoms with Crippen LogP contribution in [0, 0.1) is 5.82 Å². The van der Waals surface area contributed by atoms with Crippen molar-refractivity contribution in [3.63, 3.8) is 0 Å². The molecule has 4 heteroatoms. The minimum Gasteiger partial charge on any atom is -0.490 e. The van der Waals surface area contributed by atoms with Gasteiger partial charge in [0, 0.05) is 5.56 Å². The van der Waals surface area contributed by atoms with Gasteiger partial charge in [0.25, 0.3) is 0 Å². The molecule has 1 aliphatic carbocycles. The van der Waals surface area contributed by atoms with Gasteiger partial charge in [0.1, 0.15) is 11.6 Å². The molecule has 2 aromatic rings. The summed E-state index contributed by atoms with van der Waals surface area (Å²) < 4.78 is 20.7. The maximum absolute atomic E-state index is 14.5. The van der Waals surface area contributed by atoms with Crippen molar-refractivity contribution >= 4 is 5.97 Å². The Bertz CT molecular complexity index is 792. The summed E-state index contributed by atoms with van der Waals surface area (Å²) in [4.78, 5) is 11.1. The molecular weight excluding hydrogens is 331 g/mol. The lowest BCUT2D eigenvalue weighted by Gasteiger charge is -2.20. The van der Waals surface area contributed by atoms with E-state index in [1.54, 1.807) is 12.1 Å². The Labute approximate surface area is 153 Å². The molecular formula is C22H25FO3. The van der Waals surface area contributed by atoms with Crippen LogP contribution in [0.4, 0.5) is 4.39 Å². The Hall–Kier alpha value is -2.36. The Kier molecular flexibility index (Phi) is 5.60. The monoisotopic (exact) mass is 356 g/mol. The molecule has 3 nitrogen and oxygen atoms in total. The van der Waals surface area contributed by atoms with Crippen LogP contribution in [0.25, 0.3) is 11.1 Å². The van der Waals surface area contributed by atoms with Crippen molar-refractivity contribution in [3.8, 4) is 16.9 Å². The third kappa shape index (κ3) is 4.06. The van der Waals surface area contributed by atoms with Crippen molar-refractivity contribution in [2.75, 3.05) is 0 Å². The van der Waals surface area contributed by atoms with Crippen LogP contribution < -0.4 is 4.74 Å². The predicted octanol–water partition coefficient (Wildman–Crippen LogP) is 5.56. The molecule has 0 atom stereocenters. The van der Waals surface area contributed by atoms with Gasteiger partial charge in [-0.3, -0.25) is 4.79 Å². The molecule has 0 spiro atoms. The van der Waals surface area contributed by atoms with Crippen LogP contribution in [0.1, 0.15) is 56.6 Å². The first-order valence-electron chi connectivity index (χ1n) is 9.26. The lowest BCUT2D eigenvalue weighted by Crippen LogP contribution is -2.12. The maximum Gasteiger partial charge on any atom is 0.307 e. The van der Waals surface area contributed by atoms with Crippen molar-refractivity contribution in [1.82, 2.24) is 0 Å². The summed E-state index contributed by atoms with van der Waals surface area (Å²) in [5.74, 6) is -0.413. The lowest BCUT2D eigenvalue weighted by molar-refractivity contribution is -0.136. The van der Waals surface area contributed by atoms with Gasteiger partial charge in [-0.1, -0.05) is 32.0 Å². The van der Waals surface area contributed by atoms with Crippen LogP contribution in [0.15, 0.2) is 36.4 Å². The highest BCUT2D eigenvalue weighted by Gasteiger charge is 2.21. The van der Waals surface area contributed by atoms with Crippen LogP contribution in [0.5, 0.6) is 5.75 Å². The number of aliphatic carboxylic acids is 1. The molecule has 0 aromatic heterocycles. The van der Waals surface area contributed by atoms with E-state index in [-0.39, 0.29) is 24.3 Å². The van der Waals surface area contributed by atoms with Crippen molar-refractivity contribution in [2.45, 2.75) is 58.0 Å². The van der Waals surface area contributed by atoms with Gasteiger partial charge in [0.15, 0.2) is 0 Å². The molecule has 1 fully saturated rings. The topological polar surface area (TPSA) is 46.5 Å². The van der Waals surface area contributed by atoms with E-state index in [0.29, 0.717) is 16.9 Å². The fraction of sp³-hybridized carbons (Fsp3) is 0.409. The average molecular weight is 356 g/mol. The van der Waals surface area contributed by atoms with E-state index in [4.69, 9.17) is 9.84 Å². The summed E-state index contributed by atoms with van der Waals surface area (Å²) in [6, 6.07) is 10.5. The first-order valence-corrected chi connectivity index (χ1v) is 9.26. The number of carbonyl (C=O) groups is 1. The first-order chi connectivity index (χ1) is 12.5. The van der Waals surface area contributed by atoms with Crippen molar-refractivity contribution < 1.29 is 19.0 Å². The molecule has 0 amide bonds. The summed E-state index contributed by atoms with van der Waals surface area (Å²) in [5, 5.41) is 9.12. The largest absolute Gasteiger partial charge is 0.490 e. The molecule has 2 aromatic carbocycles. The number of halogens is 1. The summed E-state index contributed by atoms with van der Waals surface area (Å²) in [7, 11) is 0. The zero-order valence-corrected chi connectivity index (χ0v) is 15.3. The Morgan fingerprint density at radius 3 is 2.58 bits per heavy atom. The van der Waals surface area contributed by atoms with E-state index in [1.165, 1.54) is 6.07 Å². The van der Waals surface area contributed by atoms with Crippen LogP contribution in [0.2, 0.25) is 0 Å². The molecule has 1 N–H and O–H groups in total. The number of hydrogen-bond acceptors (Lipinski definition) is 2. The van der Waals surface area contributed by atoms with Gasteiger partial charge < -0.3 is 9.84 Å². The van der Waals surface area contributed by atoms with E-state index < -0.39 is 5.97 Å². The third-order valence-electron chi connectivity index (χ3n) is 4.92. The van der Waals surface area contributed by atoms with Crippen LogP contribution in [0.3, 0.4) is 0 Å². The van der Waals surface area contributed by atoms with Gasteiger partial charge >= 0.3 is 5.97 Å². The van der Waals surface area contributed by atoms with Gasteiger partial charge in [-0.05, 0) is 66.5 Å². The molecule has 138 valence electrons. The number of hydrogen-bond donors (Lipinski definition) is 1. The number of rotatable bonds is 6. The van der Waals surface area contributed by atoms with Crippen molar-refractivity contribution in [3.05, 3.63) is 53.3 Å². The van der Waals surface area contributed by atoms with Gasteiger partial charge in [0.05, 0.1) is 12.5 Å². The second kappa shape index (κ2) is 7.90. The fourth-order valence-electron chi connectivity index (χ4n) is 3.72. The van der Waals surface area contributed by atoms with E-state index in [0.717, 1.165) is 36.8 Å². The maximum atomic E-state index is 14.5. The third-order valence-corrected chi connectivity index (χ3v) is 4.92. The minimum absolute atomic E-state index is 0.00802. The van der Waals surface area contributed by atoms with E-state index in [2.05, 4.69) is 0 Å². The van der Waals surface area contributed by atoms with Gasteiger partial charge in [0.2, 0.25) is 0 Å². The summed E-state index contributed by atoms with van der Waals surface area (Å²) in [6.07, 6.45) is 4.48. The molecule has 0 aliphatic heterocycles. The highest BCUT2D eigenvalue weighted by molar-refractivity contribution is 5.77. The predicted molar refractivity (Wildman–Crippen MR) is 100 cm³/mol. The molecule has 0 heterocycles. The molecule has 0 radical (unpaired) electrons. The quantitative estimate of drug-likeness (QED) is 0.736. The molecule has 0 unspecified atom stereocenters. The van der Waals surface area contributed by atoms with Crippen LogP contribution >= 0.6 is 0 Å². The molecule has 1 saturated carbocycles. The average Bonchev–Trinajstić information content (AvgIpc) is 3.08. The number of benzene rings is 2. The first kappa shape index (κ1) is 18.4. The number of ether oxygens (including phenoxy) is 1. The Morgan fingerprint density at radius 2 is 1.92 bits per heavy atom. The molecule has 26 heavy (non-hydrogen) atoms. The summed E-state index contributed by atoms with van der Waals surface area (Å²) in [6.45, 7) is 3.92. The van der Waals surface area contributed by atoms with Crippen LogP contribution in [-0.2, 0) is 11.2 Å².